The Kier molecular flexibility index (Phi) is 10.8. The molecule has 2 fully saturated rings. The minimum absolute atomic E-state index is 0.248. The third kappa shape index (κ3) is 11.0. The van der Waals surface area contributed by atoms with Crippen LogP contribution in [0.3, 0.4) is 0 Å². The summed E-state index contributed by atoms with van der Waals surface area (Å²) in [6, 6.07) is 2.60. The van der Waals surface area contributed by atoms with Crippen LogP contribution in [0.5, 0.6) is 0 Å². The van der Waals surface area contributed by atoms with Crippen LogP contribution in [0.25, 0.3) is 0 Å². The lowest BCUT2D eigenvalue weighted by Gasteiger charge is -2.30. The molecular weight excluding hydrogens is 412 g/mol. The van der Waals surface area contributed by atoms with Gasteiger partial charge in [0.2, 0.25) is 0 Å². The highest BCUT2D eigenvalue weighted by molar-refractivity contribution is 7.07. The van der Waals surface area contributed by atoms with Crippen LogP contribution in [-0.4, -0.2) is 40.9 Å². The highest BCUT2D eigenvalue weighted by Crippen LogP contribution is 2.22. The van der Waals surface area contributed by atoms with Crippen molar-refractivity contribution in [1.82, 2.24) is 10.6 Å². The minimum atomic E-state index is -1.08. The number of aliphatic carboxylic acids is 1. The first-order valence-electron chi connectivity index (χ1n) is 11.7. The van der Waals surface area contributed by atoms with Crippen molar-refractivity contribution in [3.63, 3.8) is 0 Å². The molecule has 1 aromatic rings. The van der Waals surface area contributed by atoms with Crippen molar-refractivity contribution in [2.45, 2.75) is 115 Å². The molecule has 7 heteroatoms. The quantitative estimate of drug-likeness (QED) is 0.530. The van der Waals surface area contributed by atoms with Gasteiger partial charge in [-0.15, -0.1) is 0 Å². The summed E-state index contributed by atoms with van der Waals surface area (Å²) in [6.07, 6.45) is 14.1. The third-order valence-electron chi connectivity index (χ3n) is 5.69. The molecule has 1 heterocycles. The van der Waals surface area contributed by atoms with Gasteiger partial charge in [-0.3, -0.25) is 0 Å². The molecule has 176 valence electrons. The number of amides is 1. The average Bonchev–Trinajstić information content (AvgIpc) is 3.21. The maximum absolute atomic E-state index is 11.5. The number of ether oxygens (including phenoxy) is 1. The van der Waals surface area contributed by atoms with Crippen LogP contribution in [0.1, 0.15) is 90.5 Å². The van der Waals surface area contributed by atoms with Gasteiger partial charge in [0.15, 0.2) is 0 Å². The van der Waals surface area contributed by atoms with Crippen LogP contribution in [0.4, 0.5) is 4.79 Å². The largest absolute Gasteiger partial charge is 0.480 e. The Hall–Kier alpha value is -1.60. The second kappa shape index (κ2) is 13.1. The van der Waals surface area contributed by atoms with Gasteiger partial charge in [0, 0.05) is 18.5 Å². The zero-order valence-electron chi connectivity index (χ0n) is 19.3. The monoisotopic (exact) mass is 452 g/mol. The summed E-state index contributed by atoms with van der Waals surface area (Å²) in [5.74, 6) is -1.08. The molecule has 2 saturated carbocycles. The lowest BCUT2D eigenvalue weighted by atomic mass is 9.91. The summed E-state index contributed by atoms with van der Waals surface area (Å²) in [5, 5.41) is 19.0. The van der Waals surface area contributed by atoms with Gasteiger partial charge in [0.1, 0.15) is 11.6 Å². The molecule has 0 radical (unpaired) electrons. The van der Waals surface area contributed by atoms with Gasteiger partial charge in [-0.2, -0.15) is 11.3 Å². The Morgan fingerprint density at radius 3 is 2.03 bits per heavy atom. The summed E-state index contributed by atoms with van der Waals surface area (Å²) in [7, 11) is 0. The third-order valence-corrected chi connectivity index (χ3v) is 6.42. The first-order valence-corrected chi connectivity index (χ1v) is 12.7. The van der Waals surface area contributed by atoms with Crippen LogP contribution in [-0.2, 0) is 16.0 Å². The summed E-state index contributed by atoms with van der Waals surface area (Å²) in [6.45, 7) is 5.17. The number of thiophene rings is 1. The molecule has 0 saturated heterocycles. The van der Waals surface area contributed by atoms with Crippen molar-refractivity contribution < 1.29 is 19.4 Å². The van der Waals surface area contributed by atoms with Gasteiger partial charge in [-0.1, -0.05) is 38.5 Å². The SMILES string of the molecule is C1CCC(NC2CCCCC2)CC1.CC(C)(C)OC(=O)N[C@@H](Cc1ccsc1)C(=O)O. The fourth-order valence-corrected chi connectivity index (χ4v) is 4.85. The molecule has 1 aromatic heterocycles. The van der Waals surface area contributed by atoms with E-state index in [1.807, 2.05) is 16.8 Å². The molecule has 0 aliphatic heterocycles. The highest BCUT2D eigenvalue weighted by atomic mass is 32.1. The maximum atomic E-state index is 11.5. The van der Waals surface area contributed by atoms with Crippen LogP contribution < -0.4 is 10.6 Å². The molecule has 0 bridgehead atoms. The van der Waals surface area contributed by atoms with Crippen LogP contribution >= 0.6 is 11.3 Å². The molecule has 31 heavy (non-hydrogen) atoms. The van der Waals surface area contributed by atoms with Crippen LogP contribution in [0.15, 0.2) is 16.8 Å². The molecule has 0 spiro atoms. The average molecular weight is 453 g/mol. The predicted octanol–water partition coefficient (Wildman–Crippen LogP) is 5.51. The Morgan fingerprint density at radius 2 is 1.61 bits per heavy atom. The number of carbonyl (C=O) groups is 2. The zero-order chi connectivity index (χ0) is 22.7. The smallest absolute Gasteiger partial charge is 0.408 e. The fourth-order valence-electron chi connectivity index (χ4n) is 4.17. The van der Waals surface area contributed by atoms with Crippen molar-refractivity contribution in [1.29, 1.82) is 0 Å². The first kappa shape index (κ1) is 25.7. The van der Waals surface area contributed by atoms with Gasteiger partial charge >= 0.3 is 12.1 Å². The number of carbonyl (C=O) groups excluding carboxylic acids is 1. The topological polar surface area (TPSA) is 87.7 Å². The number of nitrogens with one attached hydrogen (secondary N) is 2. The number of hydrogen-bond donors (Lipinski definition) is 3. The fraction of sp³-hybridized carbons (Fsp3) is 0.750. The van der Waals surface area contributed by atoms with Crippen molar-refractivity contribution in [3.8, 4) is 0 Å². The van der Waals surface area contributed by atoms with E-state index in [1.54, 1.807) is 20.8 Å². The molecule has 2 aliphatic rings. The lowest BCUT2D eigenvalue weighted by Crippen LogP contribution is -2.44. The van der Waals surface area contributed by atoms with Crippen LogP contribution in [0.2, 0.25) is 0 Å². The number of alkyl carbamates (subject to hydrolysis) is 1. The Bertz CT molecular complexity index is 629. The van der Waals surface area contributed by atoms with Crippen molar-refractivity contribution >= 4 is 23.4 Å². The number of rotatable bonds is 6. The molecule has 1 amide bonds. The summed E-state index contributed by atoms with van der Waals surface area (Å²) < 4.78 is 5.03. The predicted molar refractivity (Wildman–Crippen MR) is 126 cm³/mol. The van der Waals surface area contributed by atoms with E-state index < -0.39 is 23.7 Å². The van der Waals surface area contributed by atoms with Gasteiger partial charge in [0.25, 0.3) is 0 Å². The van der Waals surface area contributed by atoms with Crippen molar-refractivity contribution in [3.05, 3.63) is 22.4 Å². The molecule has 1 atom stereocenters. The molecule has 3 rings (SSSR count). The molecule has 2 aliphatic carbocycles. The van der Waals surface area contributed by atoms with E-state index in [4.69, 9.17) is 9.84 Å². The van der Waals surface area contributed by atoms with Gasteiger partial charge in [0.05, 0.1) is 0 Å². The van der Waals surface area contributed by atoms with Crippen LogP contribution in [0, 0.1) is 0 Å². The van der Waals surface area contributed by atoms with E-state index in [2.05, 4.69) is 10.6 Å². The molecule has 3 N–H and O–H groups in total. The van der Waals surface area contributed by atoms with E-state index in [9.17, 15) is 9.59 Å². The highest BCUT2D eigenvalue weighted by Gasteiger charge is 2.24. The van der Waals surface area contributed by atoms with Gasteiger partial charge in [-0.05, 0) is 68.8 Å². The van der Waals surface area contributed by atoms with Crippen molar-refractivity contribution in [2.24, 2.45) is 0 Å². The number of carboxylic acid groups (broad SMARTS) is 1. The Balaban J connectivity index is 0.000000231. The second-order valence-electron chi connectivity index (χ2n) is 9.71. The van der Waals surface area contributed by atoms with E-state index in [0.717, 1.165) is 17.6 Å². The second-order valence-corrected chi connectivity index (χ2v) is 10.5. The molecular formula is C24H40N2O4S. The molecule has 0 unspecified atom stereocenters. The van der Waals surface area contributed by atoms with E-state index in [1.165, 1.54) is 75.5 Å². The molecule has 0 aromatic carbocycles. The first-order chi connectivity index (χ1) is 14.7. The molecule has 6 nitrogen and oxygen atoms in total. The van der Waals surface area contributed by atoms with Gasteiger partial charge < -0.3 is 20.5 Å². The Morgan fingerprint density at radius 1 is 1.06 bits per heavy atom. The zero-order valence-corrected chi connectivity index (χ0v) is 20.1. The number of hydrogen-bond acceptors (Lipinski definition) is 5. The minimum Gasteiger partial charge on any atom is -0.480 e. The summed E-state index contributed by atoms with van der Waals surface area (Å²) in [5.41, 5.74) is 0.235. The maximum Gasteiger partial charge on any atom is 0.408 e. The van der Waals surface area contributed by atoms with E-state index in [0.29, 0.717) is 0 Å². The summed E-state index contributed by atoms with van der Waals surface area (Å²) >= 11 is 1.49. The van der Waals surface area contributed by atoms with E-state index in [-0.39, 0.29) is 6.42 Å². The van der Waals surface area contributed by atoms with Crippen molar-refractivity contribution in [2.75, 3.05) is 0 Å². The standard InChI is InChI=1S/C12H17NO4S.C12H23N/c1-12(2,3)17-11(16)13-9(10(14)15)6-8-4-5-18-7-8;1-3-7-11(8-4-1)13-12-9-5-2-6-10-12/h4-5,7,9H,6H2,1-3H3,(H,13,16)(H,14,15);11-13H,1-10H2/t9-;/m0./s1. The lowest BCUT2D eigenvalue weighted by molar-refractivity contribution is -0.139. The van der Waals surface area contributed by atoms with Gasteiger partial charge in [-0.25, -0.2) is 9.59 Å². The normalized spacial score (nSPS) is 19.1. The summed E-state index contributed by atoms with van der Waals surface area (Å²) in [4.78, 5) is 22.6. The number of carboxylic acids is 1. The van der Waals surface area contributed by atoms with E-state index >= 15 is 0 Å². The Labute approximate surface area is 191 Å².